The predicted octanol–water partition coefficient (Wildman–Crippen LogP) is 3.29. The maximum absolute atomic E-state index is 10.7. The molecule has 0 fully saturated rings. The van der Waals surface area contributed by atoms with E-state index in [9.17, 15) is 4.79 Å². The molecule has 0 atom stereocenters. The Kier molecular flexibility index (Phi) is 5.07. The fourth-order valence-corrected chi connectivity index (χ4v) is 1.49. The highest BCUT2D eigenvalue weighted by Gasteiger charge is 2.05. The number of carbonyl (C=O) groups is 1. The molecule has 1 N–H and O–H groups in total. The lowest BCUT2D eigenvalue weighted by Crippen LogP contribution is -2.01. The summed E-state index contributed by atoms with van der Waals surface area (Å²) in [6, 6.07) is 4.99. The predicted molar refractivity (Wildman–Crippen MR) is 65.8 cm³/mol. The number of azide groups is 1. The van der Waals surface area contributed by atoms with Crippen LogP contribution in [0.4, 0.5) is 0 Å². The van der Waals surface area contributed by atoms with Gasteiger partial charge in [-0.3, -0.25) is 4.79 Å². The minimum atomic E-state index is -0.906. The van der Waals surface area contributed by atoms with E-state index in [-0.39, 0.29) is 13.0 Å². The summed E-state index contributed by atoms with van der Waals surface area (Å²) in [6.45, 7) is 0.218. The number of nitrogens with zero attached hydrogens (tertiary/aromatic N) is 3. The molecular formula is C11H10ClN3O2. The second kappa shape index (κ2) is 6.58. The molecule has 0 aliphatic heterocycles. The number of halogens is 1. The van der Waals surface area contributed by atoms with Crippen molar-refractivity contribution >= 4 is 23.6 Å². The summed E-state index contributed by atoms with van der Waals surface area (Å²) in [7, 11) is 0. The van der Waals surface area contributed by atoms with Crippen LogP contribution in [0.25, 0.3) is 16.5 Å². The van der Waals surface area contributed by atoms with Crippen LogP contribution < -0.4 is 0 Å². The van der Waals surface area contributed by atoms with Gasteiger partial charge in [-0.1, -0.05) is 34.9 Å². The zero-order valence-electron chi connectivity index (χ0n) is 8.88. The third kappa shape index (κ3) is 4.59. The van der Waals surface area contributed by atoms with Crippen LogP contribution in [0.2, 0.25) is 5.02 Å². The fourth-order valence-electron chi connectivity index (χ4n) is 1.31. The molecule has 0 bridgehead atoms. The molecule has 6 heteroatoms. The van der Waals surface area contributed by atoms with Gasteiger partial charge in [-0.2, -0.15) is 0 Å². The first kappa shape index (κ1) is 13.1. The fraction of sp³-hybridized carbons (Fsp3) is 0.182. The lowest BCUT2D eigenvalue weighted by molar-refractivity contribution is -0.136. The van der Waals surface area contributed by atoms with Gasteiger partial charge in [-0.15, -0.1) is 0 Å². The molecule has 5 nitrogen and oxygen atoms in total. The van der Waals surface area contributed by atoms with E-state index >= 15 is 0 Å². The van der Waals surface area contributed by atoms with Gasteiger partial charge < -0.3 is 5.11 Å². The molecule has 0 heterocycles. The van der Waals surface area contributed by atoms with E-state index < -0.39 is 5.97 Å². The van der Waals surface area contributed by atoms with Crippen molar-refractivity contribution < 1.29 is 9.90 Å². The maximum Gasteiger partial charge on any atom is 0.307 e. The van der Waals surface area contributed by atoms with Crippen molar-refractivity contribution in [1.82, 2.24) is 0 Å². The zero-order chi connectivity index (χ0) is 12.7. The van der Waals surface area contributed by atoms with Crippen LogP contribution >= 0.6 is 11.6 Å². The highest BCUT2D eigenvalue weighted by atomic mass is 35.5. The number of hydrogen-bond acceptors (Lipinski definition) is 2. The summed E-state index contributed by atoms with van der Waals surface area (Å²) < 4.78 is 0. The normalized spacial score (nSPS) is 10.2. The van der Waals surface area contributed by atoms with Gasteiger partial charge in [-0.05, 0) is 28.8 Å². The Balaban J connectivity index is 2.93. The molecule has 0 aliphatic carbocycles. The molecule has 0 radical (unpaired) electrons. The van der Waals surface area contributed by atoms with Gasteiger partial charge >= 0.3 is 5.97 Å². The second-order valence-corrected chi connectivity index (χ2v) is 3.67. The summed E-state index contributed by atoms with van der Waals surface area (Å²) in [5.74, 6) is -0.906. The largest absolute Gasteiger partial charge is 0.481 e. The van der Waals surface area contributed by atoms with Crippen LogP contribution in [0.3, 0.4) is 0 Å². The summed E-state index contributed by atoms with van der Waals surface area (Å²) in [5.41, 5.74) is 9.49. The molecule has 0 aromatic heterocycles. The number of rotatable bonds is 5. The van der Waals surface area contributed by atoms with Crippen LogP contribution in [-0.4, -0.2) is 17.6 Å². The molecule has 0 aliphatic rings. The molecule has 0 unspecified atom stereocenters. The van der Waals surface area contributed by atoms with Gasteiger partial charge in [0.15, 0.2) is 0 Å². The van der Waals surface area contributed by atoms with Crippen LogP contribution in [0, 0.1) is 0 Å². The highest BCUT2D eigenvalue weighted by molar-refractivity contribution is 6.30. The molecule has 1 aromatic rings. The molecule has 88 valence electrons. The topological polar surface area (TPSA) is 86.1 Å². The van der Waals surface area contributed by atoms with Crippen molar-refractivity contribution in [3.05, 3.63) is 50.9 Å². The molecule has 17 heavy (non-hydrogen) atoms. The monoisotopic (exact) mass is 251 g/mol. The lowest BCUT2D eigenvalue weighted by atomic mass is 10.0. The molecule has 0 saturated heterocycles. The Labute approximate surface area is 103 Å². The van der Waals surface area contributed by atoms with Crippen molar-refractivity contribution in [1.29, 1.82) is 0 Å². The molecule has 1 aromatic carbocycles. The second-order valence-electron chi connectivity index (χ2n) is 3.23. The zero-order valence-corrected chi connectivity index (χ0v) is 9.63. The average Bonchev–Trinajstić information content (AvgIpc) is 2.27. The Morgan fingerprint density at radius 2 is 2.35 bits per heavy atom. The summed E-state index contributed by atoms with van der Waals surface area (Å²) in [4.78, 5) is 13.3. The first-order chi connectivity index (χ1) is 8.13. The molecule has 1 rings (SSSR count). The van der Waals surface area contributed by atoms with Crippen LogP contribution in [0.1, 0.15) is 11.1 Å². The van der Waals surface area contributed by atoms with Gasteiger partial charge in [0.05, 0.1) is 6.42 Å². The van der Waals surface area contributed by atoms with E-state index in [1.54, 1.807) is 30.4 Å². The van der Waals surface area contributed by atoms with E-state index in [0.717, 1.165) is 0 Å². The van der Waals surface area contributed by atoms with Crippen LogP contribution in [-0.2, 0) is 11.2 Å². The van der Waals surface area contributed by atoms with Gasteiger partial charge in [-0.25, -0.2) is 0 Å². The quantitative estimate of drug-likeness (QED) is 0.494. The van der Waals surface area contributed by atoms with Gasteiger partial charge in [0.2, 0.25) is 0 Å². The number of carboxylic acids is 1. The Morgan fingerprint density at radius 3 is 3.00 bits per heavy atom. The standard InChI is InChI=1S/C11H10ClN3O2/c12-10-4-3-9(7-11(16)17)8(6-10)2-1-5-14-15-13/h1-4,6H,5,7H2,(H,16,17). The van der Waals surface area contributed by atoms with Crippen LogP contribution in [0.5, 0.6) is 0 Å². The SMILES string of the molecule is [N-]=[N+]=NCC=Cc1cc(Cl)ccc1CC(=O)O. The Hall–Kier alpha value is -1.97. The summed E-state index contributed by atoms with van der Waals surface area (Å²) in [5, 5.41) is 12.6. The Morgan fingerprint density at radius 1 is 1.59 bits per heavy atom. The van der Waals surface area contributed by atoms with Crippen molar-refractivity contribution in [2.75, 3.05) is 6.54 Å². The first-order valence-electron chi connectivity index (χ1n) is 4.81. The number of benzene rings is 1. The van der Waals surface area contributed by atoms with E-state index in [1.807, 2.05) is 0 Å². The van der Waals surface area contributed by atoms with E-state index in [0.29, 0.717) is 16.1 Å². The van der Waals surface area contributed by atoms with Crippen molar-refractivity contribution in [3.63, 3.8) is 0 Å². The van der Waals surface area contributed by atoms with Crippen LogP contribution in [0.15, 0.2) is 29.4 Å². The lowest BCUT2D eigenvalue weighted by Gasteiger charge is -2.03. The minimum absolute atomic E-state index is 0.0711. The Bertz CT molecular complexity index is 493. The number of hydrogen-bond donors (Lipinski definition) is 1. The number of carboxylic acid groups (broad SMARTS) is 1. The molecular weight excluding hydrogens is 242 g/mol. The van der Waals surface area contributed by atoms with Crippen molar-refractivity contribution in [2.24, 2.45) is 5.11 Å². The van der Waals surface area contributed by atoms with E-state index in [2.05, 4.69) is 10.0 Å². The third-order valence-electron chi connectivity index (χ3n) is 2.00. The minimum Gasteiger partial charge on any atom is -0.481 e. The summed E-state index contributed by atoms with van der Waals surface area (Å²) >= 11 is 5.83. The first-order valence-corrected chi connectivity index (χ1v) is 5.19. The average molecular weight is 252 g/mol. The van der Waals surface area contributed by atoms with Crippen molar-refractivity contribution in [2.45, 2.75) is 6.42 Å². The van der Waals surface area contributed by atoms with Crippen molar-refractivity contribution in [3.8, 4) is 0 Å². The smallest absolute Gasteiger partial charge is 0.307 e. The van der Waals surface area contributed by atoms with Gasteiger partial charge in [0.1, 0.15) is 0 Å². The van der Waals surface area contributed by atoms with E-state index in [1.165, 1.54) is 0 Å². The van der Waals surface area contributed by atoms with Gasteiger partial charge in [0, 0.05) is 16.5 Å². The van der Waals surface area contributed by atoms with E-state index in [4.69, 9.17) is 22.2 Å². The summed E-state index contributed by atoms with van der Waals surface area (Å²) in [6.07, 6.45) is 3.27. The highest BCUT2D eigenvalue weighted by Crippen LogP contribution is 2.18. The number of aliphatic carboxylic acids is 1. The molecule has 0 spiro atoms. The maximum atomic E-state index is 10.7. The third-order valence-corrected chi connectivity index (χ3v) is 2.23. The molecule has 0 amide bonds. The van der Waals surface area contributed by atoms with Gasteiger partial charge in [0.25, 0.3) is 0 Å². The molecule has 0 saturated carbocycles.